The molecule has 1 rings (SSSR count). The molecule has 0 amide bonds. The number of ether oxygens (including phenoxy) is 4. The number of allylic oxidation sites excluding steroid dienone is 2. The smallest absolute Gasteiger partial charge is 0.306 e. The minimum Gasteiger partial charge on any atom is -0.462 e. The number of hydrogen-bond acceptors (Lipinski definition) is 10. The van der Waals surface area contributed by atoms with Crippen molar-refractivity contribution >= 4 is 11.9 Å². The van der Waals surface area contributed by atoms with Crippen LogP contribution in [0.2, 0.25) is 0 Å². The summed E-state index contributed by atoms with van der Waals surface area (Å²) in [6.07, 6.45) is 23.6. The van der Waals surface area contributed by atoms with E-state index in [1.54, 1.807) is 0 Å². The summed E-state index contributed by atoms with van der Waals surface area (Å²) in [6.45, 7) is 3.38. The quantitative estimate of drug-likeness (QED) is 0.0304. The van der Waals surface area contributed by atoms with Crippen LogP contribution in [0.3, 0.4) is 0 Å². The molecule has 0 aromatic carbocycles. The van der Waals surface area contributed by atoms with Crippen molar-refractivity contribution < 1.29 is 49.0 Å². The van der Waals surface area contributed by atoms with E-state index in [2.05, 4.69) is 26.0 Å². The van der Waals surface area contributed by atoms with Gasteiger partial charge in [-0.05, 0) is 38.5 Å². The lowest BCUT2D eigenvalue weighted by Crippen LogP contribution is -2.59. The second-order valence-corrected chi connectivity index (χ2v) is 14.1. The van der Waals surface area contributed by atoms with Gasteiger partial charge in [0, 0.05) is 12.8 Å². The van der Waals surface area contributed by atoms with Crippen molar-refractivity contribution in [2.45, 2.75) is 211 Å². The van der Waals surface area contributed by atoms with E-state index in [1.807, 2.05) is 0 Å². The number of carbonyl (C=O) groups excluding carboxylic acids is 2. The van der Waals surface area contributed by atoms with Crippen molar-refractivity contribution in [3.05, 3.63) is 12.2 Å². The van der Waals surface area contributed by atoms with Crippen LogP contribution in [0.1, 0.15) is 174 Å². The second-order valence-electron chi connectivity index (χ2n) is 14.1. The first-order valence-corrected chi connectivity index (χ1v) is 20.3. The third-order valence-corrected chi connectivity index (χ3v) is 9.40. The largest absolute Gasteiger partial charge is 0.462 e. The van der Waals surface area contributed by atoms with E-state index in [4.69, 9.17) is 18.9 Å². The molecule has 4 N–H and O–H groups in total. The number of unbranched alkanes of at least 4 members (excludes halogenated alkanes) is 20. The Kier molecular flexibility index (Phi) is 29.8. The van der Waals surface area contributed by atoms with E-state index in [-0.39, 0.29) is 32.0 Å². The molecule has 0 aromatic heterocycles. The van der Waals surface area contributed by atoms with Gasteiger partial charge in [0.2, 0.25) is 0 Å². The minimum atomic E-state index is -1.59. The van der Waals surface area contributed by atoms with Gasteiger partial charge in [-0.25, -0.2) is 0 Å². The van der Waals surface area contributed by atoms with Gasteiger partial charge in [-0.3, -0.25) is 9.59 Å². The molecule has 294 valence electrons. The summed E-state index contributed by atoms with van der Waals surface area (Å²) in [4.78, 5) is 25.2. The summed E-state index contributed by atoms with van der Waals surface area (Å²) in [7, 11) is 0. The molecule has 10 nitrogen and oxygen atoms in total. The maximum absolute atomic E-state index is 12.7. The van der Waals surface area contributed by atoms with E-state index in [1.165, 1.54) is 77.0 Å². The molecule has 2 unspecified atom stereocenters. The Morgan fingerprint density at radius 2 is 1.06 bits per heavy atom. The summed E-state index contributed by atoms with van der Waals surface area (Å²) in [5.74, 6) is -0.812. The van der Waals surface area contributed by atoms with Crippen molar-refractivity contribution in [2.75, 3.05) is 19.8 Å². The highest BCUT2D eigenvalue weighted by Crippen LogP contribution is 2.22. The number of esters is 2. The SMILES string of the molecule is CCCCC/C=C/CCCCCCCC(=O)OC[C@H](CO[C@@H]1O[C@H](CO)[C@H](O)C(O)C1O)OC(=O)CCCCCCCCCCCCCCC. The summed E-state index contributed by atoms with van der Waals surface area (Å²) in [5.41, 5.74) is 0. The lowest BCUT2D eigenvalue weighted by atomic mass is 9.99. The van der Waals surface area contributed by atoms with Crippen LogP contribution in [-0.2, 0) is 28.5 Å². The molecule has 6 atom stereocenters. The van der Waals surface area contributed by atoms with Gasteiger partial charge in [0.05, 0.1) is 13.2 Å². The lowest BCUT2D eigenvalue weighted by molar-refractivity contribution is -0.305. The average molecular weight is 715 g/mol. The number of rotatable bonds is 33. The molecule has 0 aromatic rings. The minimum absolute atomic E-state index is 0.217. The van der Waals surface area contributed by atoms with Crippen LogP contribution in [0.25, 0.3) is 0 Å². The van der Waals surface area contributed by atoms with Gasteiger partial charge in [0.1, 0.15) is 31.0 Å². The van der Waals surface area contributed by atoms with Crippen molar-refractivity contribution in [3.8, 4) is 0 Å². The molecule has 1 aliphatic heterocycles. The van der Waals surface area contributed by atoms with Gasteiger partial charge < -0.3 is 39.4 Å². The number of hydrogen-bond donors (Lipinski definition) is 4. The van der Waals surface area contributed by atoms with Gasteiger partial charge in [-0.2, -0.15) is 0 Å². The fraction of sp³-hybridized carbons (Fsp3) is 0.900. The molecule has 0 saturated carbocycles. The maximum Gasteiger partial charge on any atom is 0.306 e. The van der Waals surface area contributed by atoms with Gasteiger partial charge >= 0.3 is 11.9 Å². The summed E-state index contributed by atoms with van der Waals surface area (Å²) in [6, 6.07) is 0. The highest BCUT2D eigenvalue weighted by molar-refractivity contribution is 5.70. The first-order chi connectivity index (χ1) is 24.3. The molecule has 0 radical (unpaired) electrons. The zero-order valence-corrected chi connectivity index (χ0v) is 31.7. The average Bonchev–Trinajstić information content (AvgIpc) is 3.11. The van der Waals surface area contributed by atoms with Crippen LogP contribution in [0.5, 0.6) is 0 Å². The lowest BCUT2D eigenvalue weighted by Gasteiger charge is -2.39. The molecule has 1 fully saturated rings. The fourth-order valence-electron chi connectivity index (χ4n) is 6.12. The molecular formula is C40H74O10. The van der Waals surface area contributed by atoms with Gasteiger partial charge in [-0.15, -0.1) is 0 Å². The zero-order valence-electron chi connectivity index (χ0n) is 31.7. The highest BCUT2D eigenvalue weighted by Gasteiger charge is 2.44. The van der Waals surface area contributed by atoms with E-state index in [9.17, 15) is 30.0 Å². The molecule has 50 heavy (non-hydrogen) atoms. The highest BCUT2D eigenvalue weighted by atomic mass is 16.7. The standard InChI is InChI=1S/C40H74O10/c1-3-5-7-9-11-13-15-17-19-21-23-25-27-29-36(43)49-33(32-48-40-39(46)38(45)37(44)34(30-41)50-40)31-47-35(42)28-26-24-22-20-18-16-14-12-10-8-6-4-2/h12,14,33-34,37-41,44-46H,3-11,13,15-32H2,1-2H3/b14-12+/t33-,34-,37+,38?,39?,40-/m1/s1. The molecule has 10 heteroatoms. The molecule has 0 aliphatic carbocycles. The van der Waals surface area contributed by atoms with E-state index in [0.29, 0.717) is 6.42 Å². The first kappa shape index (κ1) is 46.5. The Bertz CT molecular complexity index is 835. The van der Waals surface area contributed by atoms with Crippen LogP contribution in [0.15, 0.2) is 12.2 Å². The van der Waals surface area contributed by atoms with E-state index < -0.39 is 49.4 Å². The maximum atomic E-state index is 12.7. The van der Waals surface area contributed by atoms with Crippen LogP contribution in [0, 0.1) is 0 Å². The van der Waals surface area contributed by atoms with Crippen LogP contribution in [-0.4, -0.2) is 89.0 Å². The Hall–Kier alpha value is -1.56. The van der Waals surface area contributed by atoms with Crippen molar-refractivity contribution in [1.82, 2.24) is 0 Å². The summed E-state index contributed by atoms with van der Waals surface area (Å²) >= 11 is 0. The van der Waals surface area contributed by atoms with Crippen LogP contribution >= 0.6 is 0 Å². The van der Waals surface area contributed by atoms with Crippen molar-refractivity contribution in [1.29, 1.82) is 0 Å². The predicted octanol–water partition coefficient (Wildman–Crippen LogP) is 7.61. The van der Waals surface area contributed by atoms with E-state index in [0.717, 1.165) is 64.2 Å². The summed E-state index contributed by atoms with van der Waals surface area (Å²) < 4.78 is 22.1. The molecule has 1 heterocycles. The first-order valence-electron chi connectivity index (χ1n) is 20.3. The van der Waals surface area contributed by atoms with Crippen molar-refractivity contribution in [3.63, 3.8) is 0 Å². The monoisotopic (exact) mass is 715 g/mol. The topological polar surface area (TPSA) is 152 Å². The molecule has 1 aliphatic rings. The second kappa shape index (κ2) is 32.1. The number of carbonyl (C=O) groups is 2. The molecular weight excluding hydrogens is 640 g/mol. The van der Waals surface area contributed by atoms with Crippen molar-refractivity contribution in [2.24, 2.45) is 0 Å². The summed E-state index contributed by atoms with van der Waals surface area (Å²) in [5, 5.41) is 39.9. The zero-order chi connectivity index (χ0) is 36.7. The Morgan fingerprint density at radius 3 is 1.60 bits per heavy atom. The fourth-order valence-corrected chi connectivity index (χ4v) is 6.12. The number of aliphatic hydroxyl groups is 4. The Labute approximate surface area is 303 Å². The van der Waals surface area contributed by atoms with Gasteiger partial charge in [0.15, 0.2) is 12.4 Å². The third-order valence-electron chi connectivity index (χ3n) is 9.40. The molecule has 0 bridgehead atoms. The predicted molar refractivity (Wildman–Crippen MR) is 196 cm³/mol. The van der Waals surface area contributed by atoms with Crippen LogP contribution in [0.4, 0.5) is 0 Å². The molecule has 1 saturated heterocycles. The molecule has 0 spiro atoms. The third kappa shape index (κ3) is 23.8. The Balaban J connectivity index is 2.38. The van der Waals surface area contributed by atoms with E-state index >= 15 is 0 Å². The van der Waals surface area contributed by atoms with Gasteiger partial charge in [-0.1, -0.05) is 135 Å². The number of aliphatic hydroxyl groups excluding tert-OH is 4. The van der Waals surface area contributed by atoms with Crippen LogP contribution < -0.4 is 0 Å². The Morgan fingerprint density at radius 1 is 0.600 bits per heavy atom. The normalized spacial score (nSPS) is 21.4. The van der Waals surface area contributed by atoms with Gasteiger partial charge in [0.25, 0.3) is 0 Å².